The van der Waals surface area contributed by atoms with Crippen LogP contribution in [0.4, 0.5) is 0 Å². The van der Waals surface area contributed by atoms with Gasteiger partial charge in [0.05, 0.1) is 0 Å². The van der Waals surface area contributed by atoms with Crippen LogP contribution in [0.5, 0.6) is 0 Å². The van der Waals surface area contributed by atoms with E-state index in [-0.39, 0.29) is 0 Å². The Morgan fingerprint density at radius 3 is 1.83 bits per heavy atom. The molecule has 0 aromatic heterocycles. The van der Waals surface area contributed by atoms with Crippen molar-refractivity contribution in [1.82, 2.24) is 0 Å². The van der Waals surface area contributed by atoms with E-state index in [1.165, 1.54) is 25.9 Å². The Bertz CT molecular complexity index is 58.3. The molecule has 0 N–H and O–H groups in total. The molecule has 34 valence electrons. The lowest BCUT2D eigenvalue weighted by atomic mass is 10.4. The van der Waals surface area contributed by atoms with Gasteiger partial charge in [-0.3, -0.25) is 0 Å². The lowest BCUT2D eigenvalue weighted by molar-refractivity contribution is -0.497. The molecule has 1 saturated heterocycles. The summed E-state index contributed by atoms with van der Waals surface area (Å²) in [7, 11) is 0. The van der Waals surface area contributed by atoms with Crippen LogP contribution >= 0.6 is 0 Å². The van der Waals surface area contributed by atoms with Gasteiger partial charge in [-0.1, -0.05) is 0 Å². The molecule has 1 aliphatic rings. The first-order valence-corrected chi connectivity index (χ1v) is 2.45. The summed E-state index contributed by atoms with van der Waals surface area (Å²) in [6.45, 7) is 6.19. The molecule has 0 saturated carbocycles. The van der Waals surface area contributed by atoms with Crippen molar-refractivity contribution in [2.45, 2.75) is 12.8 Å². The molecule has 1 heteroatoms. The fraction of sp³-hybridized carbons (Fsp3) is 0.800. The van der Waals surface area contributed by atoms with E-state index in [0.717, 1.165) is 0 Å². The second kappa shape index (κ2) is 1.41. The Kier molecular flexibility index (Phi) is 0.906. The Balaban J connectivity index is 2.37. The summed E-state index contributed by atoms with van der Waals surface area (Å²) in [6, 6.07) is 0. The predicted octanol–water partition coefficient (Wildman–Crippen LogP) is 0.493. The molecule has 6 heavy (non-hydrogen) atoms. The summed E-state index contributed by atoms with van der Waals surface area (Å²) in [5.74, 6) is 0. The standard InChI is InChI=1S/C5H10N/c1-6-4-2-3-5-6/h1-5H2/q+1. The molecule has 0 atom stereocenters. The Hall–Kier alpha value is -0.330. The van der Waals surface area contributed by atoms with Gasteiger partial charge in [-0.05, 0) is 0 Å². The third kappa shape index (κ3) is 0.588. The van der Waals surface area contributed by atoms with Crippen LogP contribution in [0.2, 0.25) is 0 Å². The zero-order chi connectivity index (χ0) is 4.41. The van der Waals surface area contributed by atoms with Crippen molar-refractivity contribution in [3.05, 3.63) is 0 Å². The van der Waals surface area contributed by atoms with Gasteiger partial charge in [0, 0.05) is 12.8 Å². The van der Waals surface area contributed by atoms with Gasteiger partial charge in [-0.2, -0.15) is 0 Å². The van der Waals surface area contributed by atoms with Gasteiger partial charge < -0.3 is 0 Å². The van der Waals surface area contributed by atoms with Gasteiger partial charge in [0.15, 0.2) is 0 Å². The Morgan fingerprint density at radius 1 is 1.17 bits per heavy atom. The molecule has 0 radical (unpaired) electrons. The minimum absolute atomic E-state index is 1.21. The van der Waals surface area contributed by atoms with Crippen LogP contribution < -0.4 is 0 Å². The second-order valence-electron chi connectivity index (χ2n) is 1.83. The molecule has 1 fully saturated rings. The van der Waals surface area contributed by atoms with Crippen molar-refractivity contribution in [3.63, 3.8) is 0 Å². The molecule has 0 aliphatic carbocycles. The summed E-state index contributed by atoms with van der Waals surface area (Å²) < 4.78 is 2.11. The normalized spacial score (nSPS) is 22.3. The maximum atomic E-state index is 3.77. The van der Waals surface area contributed by atoms with Gasteiger partial charge in [0.1, 0.15) is 19.8 Å². The van der Waals surface area contributed by atoms with Crippen LogP contribution in [0, 0.1) is 0 Å². The lowest BCUT2D eigenvalue weighted by Crippen LogP contribution is -1.99. The molecule has 0 aromatic rings. The quantitative estimate of drug-likeness (QED) is 0.376. The molecule has 1 nitrogen and oxygen atoms in total. The molecule has 0 bridgehead atoms. The molecule has 1 heterocycles. The van der Waals surface area contributed by atoms with E-state index < -0.39 is 0 Å². The van der Waals surface area contributed by atoms with E-state index in [1.807, 2.05) is 0 Å². The van der Waals surface area contributed by atoms with Crippen LogP contribution in [0.3, 0.4) is 0 Å². The van der Waals surface area contributed by atoms with E-state index in [4.69, 9.17) is 0 Å². The van der Waals surface area contributed by atoms with Gasteiger partial charge in [0.2, 0.25) is 0 Å². The fourth-order valence-electron chi connectivity index (χ4n) is 0.783. The Morgan fingerprint density at radius 2 is 1.67 bits per heavy atom. The maximum absolute atomic E-state index is 3.77. The molecule has 1 rings (SSSR count). The van der Waals surface area contributed by atoms with Crippen molar-refractivity contribution in [2.24, 2.45) is 0 Å². The number of hydrogen-bond acceptors (Lipinski definition) is 0. The van der Waals surface area contributed by atoms with E-state index in [2.05, 4.69) is 11.3 Å². The Labute approximate surface area is 38.3 Å². The number of hydrogen-bond donors (Lipinski definition) is 0. The fourth-order valence-corrected chi connectivity index (χ4v) is 0.783. The highest BCUT2D eigenvalue weighted by atomic mass is 15.0. The van der Waals surface area contributed by atoms with Gasteiger partial charge >= 0.3 is 0 Å². The first kappa shape index (κ1) is 3.85. The summed E-state index contributed by atoms with van der Waals surface area (Å²) >= 11 is 0. The lowest BCUT2D eigenvalue weighted by Gasteiger charge is -1.78. The zero-order valence-electron chi connectivity index (χ0n) is 3.98. The van der Waals surface area contributed by atoms with Crippen molar-refractivity contribution >= 4 is 6.72 Å². The number of rotatable bonds is 0. The highest BCUT2D eigenvalue weighted by molar-refractivity contribution is 5.14. The van der Waals surface area contributed by atoms with E-state index in [9.17, 15) is 0 Å². The summed E-state index contributed by atoms with van der Waals surface area (Å²) in [5, 5.41) is 0. The van der Waals surface area contributed by atoms with Crippen LogP contribution in [0.15, 0.2) is 0 Å². The third-order valence-electron chi connectivity index (χ3n) is 1.20. The van der Waals surface area contributed by atoms with E-state index >= 15 is 0 Å². The largest absolute Gasteiger partial charge is 0.242 e. The van der Waals surface area contributed by atoms with Crippen molar-refractivity contribution in [3.8, 4) is 0 Å². The van der Waals surface area contributed by atoms with Gasteiger partial charge in [-0.15, -0.1) is 0 Å². The first-order valence-electron chi connectivity index (χ1n) is 2.45. The van der Waals surface area contributed by atoms with Crippen LogP contribution in [-0.4, -0.2) is 24.4 Å². The number of nitrogens with zero attached hydrogens (tertiary/aromatic N) is 1. The van der Waals surface area contributed by atoms with Crippen molar-refractivity contribution < 1.29 is 4.58 Å². The summed E-state index contributed by atoms with van der Waals surface area (Å²) in [4.78, 5) is 0. The third-order valence-corrected chi connectivity index (χ3v) is 1.20. The molecular formula is C5H10N+. The minimum atomic E-state index is 1.21. The zero-order valence-corrected chi connectivity index (χ0v) is 3.98. The molecule has 0 amide bonds. The molecule has 0 unspecified atom stereocenters. The van der Waals surface area contributed by atoms with Gasteiger partial charge in [-0.25, -0.2) is 4.58 Å². The monoisotopic (exact) mass is 84.1 g/mol. The highest BCUT2D eigenvalue weighted by Crippen LogP contribution is 1.97. The van der Waals surface area contributed by atoms with Crippen LogP contribution in [0.1, 0.15) is 12.8 Å². The van der Waals surface area contributed by atoms with Crippen molar-refractivity contribution in [2.75, 3.05) is 13.1 Å². The molecular weight excluding hydrogens is 74.1 g/mol. The molecule has 0 aromatic carbocycles. The average molecular weight is 84.1 g/mol. The average Bonchev–Trinajstić information content (AvgIpc) is 1.86. The second-order valence-corrected chi connectivity index (χ2v) is 1.83. The van der Waals surface area contributed by atoms with Crippen LogP contribution in [0.25, 0.3) is 0 Å². The minimum Gasteiger partial charge on any atom is -0.242 e. The predicted molar refractivity (Wildman–Crippen MR) is 26.3 cm³/mol. The van der Waals surface area contributed by atoms with E-state index in [1.54, 1.807) is 0 Å². The van der Waals surface area contributed by atoms with Crippen LogP contribution in [-0.2, 0) is 0 Å². The van der Waals surface area contributed by atoms with E-state index in [0.29, 0.717) is 0 Å². The summed E-state index contributed by atoms with van der Waals surface area (Å²) in [5.41, 5.74) is 0. The smallest absolute Gasteiger partial charge is 0.142 e. The highest BCUT2D eigenvalue weighted by Gasteiger charge is 2.07. The topological polar surface area (TPSA) is 3.01 Å². The first-order chi connectivity index (χ1) is 2.89. The van der Waals surface area contributed by atoms with Gasteiger partial charge in [0.25, 0.3) is 0 Å². The van der Waals surface area contributed by atoms with Crippen molar-refractivity contribution in [1.29, 1.82) is 0 Å². The maximum Gasteiger partial charge on any atom is 0.142 e. The molecule has 1 aliphatic heterocycles. The molecule has 0 spiro atoms. The SMILES string of the molecule is C=[N+]1CCCC1. The summed E-state index contributed by atoms with van der Waals surface area (Å²) in [6.07, 6.45) is 2.70.